The predicted octanol–water partition coefficient (Wildman–Crippen LogP) is 2.59. The Labute approximate surface area is 103 Å². The summed E-state index contributed by atoms with van der Waals surface area (Å²) in [4.78, 5) is 0. The van der Waals surface area contributed by atoms with Crippen LogP contribution in [0.5, 0.6) is 11.5 Å². The molecule has 0 spiro atoms. The number of benzene rings is 1. The lowest BCUT2D eigenvalue weighted by Gasteiger charge is -2.21. The van der Waals surface area contributed by atoms with Crippen molar-refractivity contribution >= 4 is 12.4 Å². The van der Waals surface area contributed by atoms with Crippen molar-refractivity contribution in [3.8, 4) is 11.5 Å². The lowest BCUT2D eigenvalue weighted by molar-refractivity contribution is 0.0137. The fraction of sp³-hybridized carbons (Fsp3) is 0.500. The topological polar surface area (TPSA) is 30.5 Å². The van der Waals surface area contributed by atoms with Crippen molar-refractivity contribution in [3.05, 3.63) is 24.3 Å². The number of hydrogen-bond acceptors (Lipinski definition) is 3. The highest BCUT2D eigenvalue weighted by Crippen LogP contribution is 2.35. The fourth-order valence-electron chi connectivity index (χ4n) is 1.81. The first-order chi connectivity index (χ1) is 7.35. The maximum atomic E-state index is 5.73. The van der Waals surface area contributed by atoms with Gasteiger partial charge < -0.3 is 14.8 Å². The third kappa shape index (κ3) is 2.60. The molecule has 0 radical (unpaired) electrons. The van der Waals surface area contributed by atoms with E-state index in [1.165, 1.54) is 0 Å². The van der Waals surface area contributed by atoms with Gasteiger partial charge in [0, 0.05) is 0 Å². The highest BCUT2D eigenvalue weighted by atomic mass is 35.5. The van der Waals surface area contributed by atoms with E-state index in [-0.39, 0.29) is 24.7 Å². The minimum atomic E-state index is -0.188. The molecule has 0 fully saturated rings. The Bertz CT molecular complexity index is 308. The van der Waals surface area contributed by atoms with E-state index < -0.39 is 0 Å². The van der Waals surface area contributed by atoms with Crippen molar-refractivity contribution in [2.45, 2.75) is 32.1 Å². The fourth-order valence-corrected chi connectivity index (χ4v) is 1.81. The molecule has 2 rings (SSSR count). The summed E-state index contributed by atoms with van der Waals surface area (Å²) in [6, 6.07) is 8.04. The van der Waals surface area contributed by atoms with E-state index >= 15 is 0 Å². The minimum absolute atomic E-state index is 0. The van der Waals surface area contributed by atoms with Gasteiger partial charge in [-0.3, -0.25) is 0 Å². The van der Waals surface area contributed by atoms with Crippen LogP contribution in [0, 0.1) is 0 Å². The third-order valence-corrected chi connectivity index (χ3v) is 2.63. The molecule has 0 saturated heterocycles. The van der Waals surface area contributed by atoms with Gasteiger partial charge in [-0.15, -0.1) is 12.4 Å². The van der Waals surface area contributed by atoms with Crippen molar-refractivity contribution < 1.29 is 9.47 Å². The Hall–Kier alpha value is -0.930. The molecule has 0 aromatic heterocycles. The monoisotopic (exact) mass is 243 g/mol. The second-order valence-corrected chi connectivity index (χ2v) is 3.73. The van der Waals surface area contributed by atoms with E-state index in [2.05, 4.69) is 12.2 Å². The van der Waals surface area contributed by atoms with Crippen molar-refractivity contribution in [1.82, 2.24) is 5.32 Å². The van der Waals surface area contributed by atoms with Gasteiger partial charge >= 0.3 is 0 Å². The summed E-state index contributed by atoms with van der Waals surface area (Å²) in [6.07, 6.45) is 1.98. The van der Waals surface area contributed by atoms with Crippen LogP contribution >= 0.6 is 12.4 Å². The molecule has 1 heterocycles. The zero-order valence-corrected chi connectivity index (χ0v) is 10.4. The van der Waals surface area contributed by atoms with Crippen molar-refractivity contribution in [3.63, 3.8) is 0 Å². The van der Waals surface area contributed by atoms with Crippen LogP contribution < -0.4 is 14.8 Å². The van der Waals surface area contributed by atoms with E-state index in [0.29, 0.717) is 0 Å². The van der Waals surface area contributed by atoms with Crippen molar-refractivity contribution in [2.75, 3.05) is 7.05 Å². The smallest absolute Gasteiger partial charge is 0.256 e. The number of ether oxygens (including phenoxy) is 2. The summed E-state index contributed by atoms with van der Waals surface area (Å²) < 4.78 is 11.5. The Morgan fingerprint density at radius 3 is 2.25 bits per heavy atom. The van der Waals surface area contributed by atoms with Crippen molar-refractivity contribution in [2.24, 2.45) is 0 Å². The number of rotatable bonds is 4. The minimum Gasteiger partial charge on any atom is -0.449 e. The summed E-state index contributed by atoms with van der Waals surface area (Å²) in [5.74, 6) is 1.69. The highest BCUT2D eigenvalue weighted by Gasteiger charge is 2.30. The molecule has 0 bridgehead atoms. The Morgan fingerprint density at radius 1 is 1.25 bits per heavy atom. The van der Waals surface area contributed by atoms with E-state index in [0.717, 1.165) is 24.3 Å². The quantitative estimate of drug-likeness (QED) is 0.882. The van der Waals surface area contributed by atoms with Gasteiger partial charge in [0.1, 0.15) is 0 Å². The van der Waals surface area contributed by atoms with Gasteiger partial charge in [-0.25, -0.2) is 0 Å². The molecule has 4 heteroatoms. The average molecular weight is 244 g/mol. The second-order valence-electron chi connectivity index (χ2n) is 3.73. The summed E-state index contributed by atoms with van der Waals surface area (Å²) in [5, 5.41) is 3.23. The lowest BCUT2D eigenvalue weighted by Crippen LogP contribution is -2.42. The highest BCUT2D eigenvalue weighted by molar-refractivity contribution is 5.85. The van der Waals surface area contributed by atoms with Crippen LogP contribution in [-0.4, -0.2) is 19.4 Å². The first-order valence-electron chi connectivity index (χ1n) is 5.44. The van der Waals surface area contributed by atoms with Gasteiger partial charge in [-0.1, -0.05) is 25.5 Å². The summed E-state index contributed by atoms with van der Waals surface area (Å²) >= 11 is 0. The third-order valence-electron chi connectivity index (χ3n) is 2.63. The van der Waals surface area contributed by atoms with Crippen LogP contribution in [0.3, 0.4) is 0 Å². The molecule has 0 saturated carbocycles. The van der Waals surface area contributed by atoms with Crippen molar-refractivity contribution in [1.29, 1.82) is 0 Å². The van der Waals surface area contributed by atoms with Crippen LogP contribution in [0.15, 0.2) is 24.3 Å². The second kappa shape index (κ2) is 5.97. The Kier molecular flexibility index (Phi) is 4.90. The Morgan fingerprint density at radius 2 is 1.81 bits per heavy atom. The van der Waals surface area contributed by atoms with E-state index in [4.69, 9.17) is 9.47 Å². The molecule has 1 aromatic carbocycles. The normalized spacial score (nSPS) is 15.6. The molecule has 1 unspecified atom stereocenters. The number of likely N-dealkylation sites (N-methyl/N-ethyl adjacent to an activating group) is 1. The molecule has 1 N–H and O–H groups in total. The van der Waals surface area contributed by atoms with Gasteiger partial charge in [0.15, 0.2) is 11.5 Å². The molecule has 1 aliphatic heterocycles. The van der Waals surface area contributed by atoms with Gasteiger partial charge in [0.05, 0.1) is 6.04 Å². The summed E-state index contributed by atoms with van der Waals surface area (Å²) in [6.45, 7) is 2.16. The molecule has 1 aromatic rings. The molecular weight excluding hydrogens is 226 g/mol. The standard InChI is InChI=1S/C12H17NO2.ClH/c1-3-6-9(13-2)12-14-10-7-4-5-8-11(10)15-12;/h4-5,7-9,12-13H,3,6H2,1-2H3;1H. The van der Waals surface area contributed by atoms with Crippen LogP contribution in [0.2, 0.25) is 0 Å². The van der Waals surface area contributed by atoms with Gasteiger partial charge in [-0.2, -0.15) is 0 Å². The first-order valence-corrected chi connectivity index (χ1v) is 5.44. The zero-order chi connectivity index (χ0) is 10.7. The van der Waals surface area contributed by atoms with Crippen LogP contribution in [0.25, 0.3) is 0 Å². The first kappa shape index (κ1) is 13.1. The van der Waals surface area contributed by atoms with Gasteiger partial charge in [0.25, 0.3) is 6.29 Å². The predicted molar refractivity (Wildman–Crippen MR) is 66.5 cm³/mol. The number of para-hydroxylation sites is 2. The molecule has 16 heavy (non-hydrogen) atoms. The molecule has 3 nitrogen and oxygen atoms in total. The van der Waals surface area contributed by atoms with Gasteiger partial charge in [-0.05, 0) is 25.6 Å². The van der Waals surface area contributed by atoms with Crippen LogP contribution in [0.1, 0.15) is 19.8 Å². The van der Waals surface area contributed by atoms with E-state index in [1.54, 1.807) is 0 Å². The molecule has 1 aliphatic rings. The maximum Gasteiger partial charge on any atom is 0.256 e. The number of hydrogen-bond donors (Lipinski definition) is 1. The number of fused-ring (bicyclic) bond motifs is 1. The van der Waals surface area contributed by atoms with Crippen LogP contribution in [0.4, 0.5) is 0 Å². The number of nitrogens with one attached hydrogen (secondary N) is 1. The van der Waals surface area contributed by atoms with E-state index in [1.807, 2.05) is 31.3 Å². The molecular formula is C12H18ClNO2. The molecule has 0 aliphatic carbocycles. The maximum absolute atomic E-state index is 5.73. The summed E-state index contributed by atoms with van der Waals surface area (Å²) in [7, 11) is 1.94. The van der Waals surface area contributed by atoms with Gasteiger partial charge in [0.2, 0.25) is 0 Å². The van der Waals surface area contributed by atoms with Crippen LogP contribution in [-0.2, 0) is 0 Å². The SMILES string of the molecule is CCCC(NC)C1Oc2ccccc2O1.Cl. The molecule has 0 amide bonds. The Balaban J connectivity index is 0.00000128. The zero-order valence-electron chi connectivity index (χ0n) is 9.60. The lowest BCUT2D eigenvalue weighted by atomic mass is 10.1. The largest absolute Gasteiger partial charge is 0.449 e. The summed E-state index contributed by atoms with van der Waals surface area (Å²) in [5.41, 5.74) is 0. The average Bonchev–Trinajstić information content (AvgIpc) is 2.69. The molecule has 90 valence electrons. The number of halogens is 1. The molecule has 1 atom stereocenters. The van der Waals surface area contributed by atoms with E-state index in [9.17, 15) is 0 Å².